The average molecular weight is 408 g/mol. The minimum atomic E-state index is -0.866. The van der Waals surface area contributed by atoms with Crippen LogP contribution in [0.15, 0.2) is 54.6 Å². The maximum absolute atomic E-state index is 12.6. The lowest BCUT2D eigenvalue weighted by Crippen LogP contribution is -2.46. The fourth-order valence-corrected chi connectivity index (χ4v) is 5.66. The van der Waals surface area contributed by atoms with Crippen LogP contribution in [-0.2, 0) is 5.60 Å². The third-order valence-corrected chi connectivity index (χ3v) is 7.23. The zero-order valence-corrected chi connectivity index (χ0v) is 18.4. The van der Waals surface area contributed by atoms with Gasteiger partial charge in [0.25, 0.3) is 0 Å². The Balaban J connectivity index is 1.75. The van der Waals surface area contributed by atoms with Gasteiger partial charge in [-0.1, -0.05) is 61.7 Å². The van der Waals surface area contributed by atoms with Gasteiger partial charge in [-0.3, -0.25) is 0 Å². The molecular formula is C27H37NO2. The fraction of sp³-hybridized carbons (Fsp3) is 0.556. The molecule has 2 aromatic rings. The van der Waals surface area contributed by atoms with E-state index >= 15 is 0 Å². The van der Waals surface area contributed by atoms with E-state index in [9.17, 15) is 5.11 Å². The van der Waals surface area contributed by atoms with E-state index in [2.05, 4.69) is 47.4 Å². The van der Waals surface area contributed by atoms with Gasteiger partial charge in [0.15, 0.2) is 0 Å². The van der Waals surface area contributed by atoms with E-state index in [1.54, 1.807) is 0 Å². The number of aliphatic hydroxyl groups is 1. The van der Waals surface area contributed by atoms with Crippen LogP contribution in [0, 0.1) is 5.92 Å². The molecule has 1 N–H and O–H groups in total. The minimum Gasteiger partial charge on any atom is -0.494 e. The Morgan fingerprint density at radius 3 is 2.23 bits per heavy atom. The van der Waals surface area contributed by atoms with Crippen molar-refractivity contribution in [2.75, 3.05) is 26.2 Å². The third-order valence-electron chi connectivity index (χ3n) is 7.23. The van der Waals surface area contributed by atoms with Gasteiger partial charge in [-0.25, -0.2) is 0 Å². The van der Waals surface area contributed by atoms with Gasteiger partial charge in [-0.05, 0) is 74.9 Å². The van der Waals surface area contributed by atoms with Gasteiger partial charge in [0.2, 0.25) is 0 Å². The lowest BCUT2D eigenvalue weighted by atomic mass is 9.65. The number of nitrogens with zero attached hydrogens (tertiary/aromatic N) is 1. The van der Waals surface area contributed by atoms with Gasteiger partial charge in [0, 0.05) is 12.5 Å². The smallest absolute Gasteiger partial charge is 0.119 e. The quantitative estimate of drug-likeness (QED) is 0.606. The number of benzene rings is 2. The molecule has 2 aromatic carbocycles. The Hall–Kier alpha value is -1.84. The number of hydrogen-bond acceptors (Lipinski definition) is 3. The van der Waals surface area contributed by atoms with E-state index in [1.165, 1.54) is 37.7 Å². The maximum Gasteiger partial charge on any atom is 0.119 e. The molecule has 1 saturated heterocycles. The second-order valence-electron chi connectivity index (χ2n) is 9.09. The maximum atomic E-state index is 12.6. The van der Waals surface area contributed by atoms with Gasteiger partial charge in [-0.15, -0.1) is 0 Å². The van der Waals surface area contributed by atoms with Gasteiger partial charge < -0.3 is 14.7 Å². The lowest BCUT2D eigenvalue weighted by Gasteiger charge is -2.46. The topological polar surface area (TPSA) is 32.7 Å². The standard InChI is InChI=1S/C27H37NO2/c1-2-30-25-17-15-24(16-18-25)27(29,23-13-7-4-8-14-23)26(21-28-19-9-10-20-28)22-11-5-3-6-12-22/h3,5-6,11-12,15-18,23,26,29H,2,4,7-10,13-14,19-21H2,1H3. The summed E-state index contributed by atoms with van der Waals surface area (Å²) in [5.74, 6) is 1.23. The predicted octanol–water partition coefficient (Wildman–Crippen LogP) is 5.73. The number of hydrogen-bond donors (Lipinski definition) is 1. The van der Waals surface area contributed by atoms with Crippen molar-refractivity contribution in [3.63, 3.8) is 0 Å². The Labute approximate surface area is 182 Å². The average Bonchev–Trinajstić information content (AvgIpc) is 3.32. The summed E-state index contributed by atoms with van der Waals surface area (Å²) in [5.41, 5.74) is 1.44. The van der Waals surface area contributed by atoms with Crippen molar-refractivity contribution in [2.24, 2.45) is 5.92 Å². The van der Waals surface area contributed by atoms with E-state index in [0.29, 0.717) is 6.61 Å². The van der Waals surface area contributed by atoms with Crippen molar-refractivity contribution in [3.05, 3.63) is 65.7 Å². The zero-order valence-electron chi connectivity index (χ0n) is 18.4. The first kappa shape index (κ1) is 21.4. The molecule has 1 heterocycles. The highest BCUT2D eigenvalue weighted by Crippen LogP contribution is 2.49. The third kappa shape index (κ3) is 4.58. The zero-order chi connectivity index (χ0) is 20.8. The van der Waals surface area contributed by atoms with Gasteiger partial charge in [-0.2, -0.15) is 0 Å². The van der Waals surface area contributed by atoms with Crippen molar-refractivity contribution < 1.29 is 9.84 Å². The van der Waals surface area contributed by atoms with Crippen molar-refractivity contribution in [1.29, 1.82) is 0 Å². The van der Waals surface area contributed by atoms with Crippen LogP contribution in [0.4, 0.5) is 0 Å². The molecule has 0 aromatic heterocycles. The molecule has 1 aliphatic carbocycles. The van der Waals surface area contributed by atoms with Gasteiger partial charge in [0.1, 0.15) is 11.4 Å². The first-order valence-electron chi connectivity index (χ1n) is 11.9. The second-order valence-corrected chi connectivity index (χ2v) is 9.09. The molecule has 2 aliphatic rings. The van der Waals surface area contributed by atoms with Crippen molar-refractivity contribution in [3.8, 4) is 5.75 Å². The summed E-state index contributed by atoms with van der Waals surface area (Å²) in [6, 6.07) is 19.0. The van der Waals surface area contributed by atoms with Crippen LogP contribution >= 0.6 is 0 Å². The van der Waals surface area contributed by atoms with Gasteiger partial charge in [0.05, 0.1) is 6.61 Å². The molecule has 1 saturated carbocycles. The van der Waals surface area contributed by atoms with E-state index in [0.717, 1.165) is 43.8 Å². The monoisotopic (exact) mass is 407 g/mol. The van der Waals surface area contributed by atoms with Crippen LogP contribution < -0.4 is 4.74 Å². The van der Waals surface area contributed by atoms with Crippen LogP contribution in [0.5, 0.6) is 5.75 Å². The van der Waals surface area contributed by atoms with Crippen LogP contribution in [0.3, 0.4) is 0 Å². The van der Waals surface area contributed by atoms with Crippen molar-refractivity contribution >= 4 is 0 Å². The molecule has 3 nitrogen and oxygen atoms in total. The molecule has 0 amide bonds. The summed E-state index contributed by atoms with van der Waals surface area (Å²) in [6.07, 6.45) is 8.47. The Bertz CT molecular complexity index is 763. The highest BCUT2D eigenvalue weighted by atomic mass is 16.5. The second kappa shape index (κ2) is 9.98. The van der Waals surface area contributed by atoms with E-state index < -0.39 is 5.60 Å². The van der Waals surface area contributed by atoms with Crippen molar-refractivity contribution in [1.82, 2.24) is 4.90 Å². The van der Waals surface area contributed by atoms with Crippen LogP contribution in [-0.4, -0.2) is 36.2 Å². The molecule has 0 spiro atoms. The Morgan fingerprint density at radius 2 is 1.60 bits per heavy atom. The Morgan fingerprint density at radius 1 is 0.933 bits per heavy atom. The van der Waals surface area contributed by atoms with Crippen LogP contribution in [0.2, 0.25) is 0 Å². The summed E-state index contributed by atoms with van der Waals surface area (Å²) < 4.78 is 5.68. The minimum absolute atomic E-state index is 0.0674. The highest BCUT2D eigenvalue weighted by Gasteiger charge is 2.46. The van der Waals surface area contributed by atoms with E-state index in [-0.39, 0.29) is 11.8 Å². The molecule has 0 radical (unpaired) electrons. The largest absolute Gasteiger partial charge is 0.494 e. The normalized spacial score (nSPS) is 21.3. The Kier molecular flexibility index (Phi) is 7.12. The summed E-state index contributed by atoms with van der Waals surface area (Å²) in [5, 5.41) is 12.6. The summed E-state index contributed by atoms with van der Waals surface area (Å²) in [6.45, 7) is 5.88. The summed E-state index contributed by atoms with van der Waals surface area (Å²) in [4.78, 5) is 2.56. The molecule has 3 heteroatoms. The molecular weight excluding hydrogens is 370 g/mol. The molecule has 2 unspecified atom stereocenters. The van der Waals surface area contributed by atoms with Crippen LogP contribution in [0.25, 0.3) is 0 Å². The molecule has 162 valence electrons. The molecule has 1 aliphatic heterocycles. The molecule has 4 rings (SSSR count). The molecule has 2 atom stereocenters. The molecule has 30 heavy (non-hydrogen) atoms. The van der Waals surface area contributed by atoms with Gasteiger partial charge >= 0.3 is 0 Å². The van der Waals surface area contributed by atoms with Crippen molar-refractivity contribution in [2.45, 2.75) is 63.4 Å². The van der Waals surface area contributed by atoms with E-state index in [1.807, 2.05) is 19.1 Å². The molecule has 0 bridgehead atoms. The number of rotatable bonds is 8. The number of likely N-dealkylation sites (tertiary alicyclic amines) is 1. The summed E-state index contributed by atoms with van der Waals surface area (Å²) in [7, 11) is 0. The fourth-order valence-electron chi connectivity index (χ4n) is 5.66. The highest BCUT2D eigenvalue weighted by molar-refractivity contribution is 5.36. The molecule has 2 fully saturated rings. The SMILES string of the molecule is CCOc1ccc(C(O)(C2CCCCC2)C(CN2CCCC2)c2ccccc2)cc1. The summed E-state index contributed by atoms with van der Waals surface area (Å²) >= 11 is 0. The van der Waals surface area contributed by atoms with Crippen LogP contribution in [0.1, 0.15) is 68.9 Å². The first-order chi connectivity index (χ1) is 14.7. The van der Waals surface area contributed by atoms with E-state index in [4.69, 9.17) is 4.74 Å². The lowest BCUT2D eigenvalue weighted by molar-refractivity contribution is -0.0690. The number of ether oxygens (including phenoxy) is 1. The predicted molar refractivity (Wildman–Crippen MR) is 123 cm³/mol. The first-order valence-corrected chi connectivity index (χ1v) is 11.9.